The third kappa shape index (κ3) is 1.83. The summed E-state index contributed by atoms with van der Waals surface area (Å²) in [6, 6.07) is 7.31. The molecule has 2 aliphatic rings. The van der Waals surface area contributed by atoms with Gasteiger partial charge in [0, 0.05) is 17.5 Å². The van der Waals surface area contributed by atoms with Crippen molar-refractivity contribution in [1.29, 1.82) is 0 Å². The van der Waals surface area contributed by atoms with Crippen LogP contribution in [-0.2, 0) is 6.42 Å². The van der Waals surface area contributed by atoms with Crippen LogP contribution in [0.4, 0.5) is 0 Å². The lowest BCUT2D eigenvalue weighted by Gasteiger charge is -2.34. The highest BCUT2D eigenvalue weighted by Gasteiger charge is 2.39. The predicted octanol–water partition coefficient (Wildman–Crippen LogP) is 3.21. The normalized spacial score (nSPS) is 26.8. The largest absolute Gasteiger partial charge is 0.496 e. The minimum absolute atomic E-state index is 0.705. The van der Waals surface area contributed by atoms with Crippen LogP contribution >= 0.6 is 0 Å². The van der Waals surface area contributed by atoms with Gasteiger partial charge in [0.15, 0.2) is 0 Å². The van der Waals surface area contributed by atoms with Crippen LogP contribution in [0.25, 0.3) is 0 Å². The second-order valence-corrected chi connectivity index (χ2v) is 5.57. The first kappa shape index (κ1) is 12.0. The molecule has 0 saturated carbocycles. The van der Waals surface area contributed by atoms with E-state index in [2.05, 4.69) is 30.0 Å². The van der Waals surface area contributed by atoms with Gasteiger partial charge < -0.3 is 4.74 Å². The van der Waals surface area contributed by atoms with Crippen molar-refractivity contribution in [2.45, 2.75) is 44.6 Å². The molecule has 18 heavy (non-hydrogen) atoms. The van der Waals surface area contributed by atoms with Crippen LogP contribution in [0.3, 0.4) is 0 Å². The van der Waals surface area contributed by atoms with Gasteiger partial charge in [-0.05, 0) is 50.4 Å². The van der Waals surface area contributed by atoms with Gasteiger partial charge in [0.25, 0.3) is 0 Å². The number of nitrogens with zero attached hydrogens (tertiary/aromatic N) is 1. The summed E-state index contributed by atoms with van der Waals surface area (Å²) in [5.41, 5.74) is 3.03. The number of ether oxygens (including phenoxy) is 1. The first-order valence-electron chi connectivity index (χ1n) is 7.25. The average molecular weight is 245 g/mol. The van der Waals surface area contributed by atoms with Crippen molar-refractivity contribution in [1.82, 2.24) is 4.90 Å². The van der Waals surface area contributed by atoms with Gasteiger partial charge in [-0.25, -0.2) is 0 Å². The van der Waals surface area contributed by atoms with Gasteiger partial charge in [-0.1, -0.05) is 19.1 Å². The Bertz CT molecular complexity index is 415. The lowest BCUT2D eigenvalue weighted by atomic mass is 9.79. The smallest absolute Gasteiger partial charge is 0.122 e. The van der Waals surface area contributed by atoms with Crippen LogP contribution in [0, 0.1) is 0 Å². The Hall–Kier alpha value is -1.02. The van der Waals surface area contributed by atoms with E-state index in [9.17, 15) is 0 Å². The zero-order valence-corrected chi connectivity index (χ0v) is 11.5. The SMILES string of the molecule is CCCN1CC[C@H]2c3c(cccc3OC)CC[C@@H]21. The van der Waals surface area contributed by atoms with E-state index in [1.807, 2.05) is 0 Å². The zero-order chi connectivity index (χ0) is 12.5. The van der Waals surface area contributed by atoms with E-state index in [1.54, 1.807) is 7.11 Å². The predicted molar refractivity (Wildman–Crippen MR) is 74.3 cm³/mol. The van der Waals surface area contributed by atoms with E-state index in [0.717, 1.165) is 11.8 Å². The van der Waals surface area contributed by atoms with Crippen molar-refractivity contribution in [3.8, 4) is 5.75 Å². The number of aryl methyl sites for hydroxylation is 1. The molecule has 1 aliphatic carbocycles. The molecule has 2 atom stereocenters. The number of hydrogen-bond acceptors (Lipinski definition) is 2. The van der Waals surface area contributed by atoms with Gasteiger partial charge in [-0.3, -0.25) is 4.90 Å². The van der Waals surface area contributed by atoms with Gasteiger partial charge in [0.1, 0.15) is 5.75 Å². The van der Waals surface area contributed by atoms with Crippen LogP contribution in [0.2, 0.25) is 0 Å². The fourth-order valence-corrected chi connectivity index (χ4v) is 3.91. The molecule has 3 rings (SSSR count). The summed E-state index contributed by atoms with van der Waals surface area (Å²) in [4.78, 5) is 2.69. The molecule has 1 heterocycles. The third-order valence-electron chi connectivity index (χ3n) is 4.63. The third-order valence-corrected chi connectivity index (χ3v) is 4.63. The molecule has 2 nitrogen and oxygen atoms in total. The Morgan fingerprint density at radius 3 is 3.00 bits per heavy atom. The fourth-order valence-electron chi connectivity index (χ4n) is 3.91. The number of methoxy groups -OCH3 is 1. The highest BCUT2D eigenvalue weighted by atomic mass is 16.5. The zero-order valence-electron chi connectivity index (χ0n) is 11.5. The van der Waals surface area contributed by atoms with E-state index in [0.29, 0.717) is 5.92 Å². The molecule has 98 valence electrons. The standard InChI is InChI=1S/C16H23NO/c1-3-10-17-11-9-13-14(17)8-7-12-5-4-6-15(18-2)16(12)13/h4-6,13-14H,3,7-11H2,1-2H3/t13-,14+/m1/s1. The van der Waals surface area contributed by atoms with Gasteiger partial charge in [-0.15, -0.1) is 0 Å². The highest BCUT2D eigenvalue weighted by Crippen LogP contribution is 2.45. The van der Waals surface area contributed by atoms with E-state index >= 15 is 0 Å². The van der Waals surface area contributed by atoms with Crippen molar-refractivity contribution in [3.05, 3.63) is 29.3 Å². The van der Waals surface area contributed by atoms with Crippen molar-refractivity contribution in [3.63, 3.8) is 0 Å². The molecule has 1 fully saturated rings. The first-order valence-corrected chi connectivity index (χ1v) is 7.25. The summed E-state index contributed by atoms with van der Waals surface area (Å²) in [6.45, 7) is 4.80. The molecule has 0 radical (unpaired) electrons. The summed E-state index contributed by atoms with van der Waals surface area (Å²) in [7, 11) is 1.80. The number of rotatable bonds is 3. The highest BCUT2D eigenvalue weighted by molar-refractivity contribution is 5.46. The lowest BCUT2D eigenvalue weighted by Crippen LogP contribution is -2.35. The van der Waals surface area contributed by atoms with E-state index in [1.165, 1.54) is 49.9 Å². The van der Waals surface area contributed by atoms with Crippen molar-refractivity contribution >= 4 is 0 Å². The summed E-state index contributed by atoms with van der Waals surface area (Å²) in [5.74, 6) is 1.82. The average Bonchev–Trinajstić information content (AvgIpc) is 2.82. The number of fused-ring (bicyclic) bond motifs is 3. The molecule has 0 bridgehead atoms. The minimum atomic E-state index is 0.705. The summed E-state index contributed by atoms with van der Waals surface area (Å²) in [6.07, 6.45) is 5.11. The summed E-state index contributed by atoms with van der Waals surface area (Å²) >= 11 is 0. The van der Waals surface area contributed by atoms with Crippen molar-refractivity contribution in [2.75, 3.05) is 20.2 Å². The van der Waals surface area contributed by atoms with Crippen molar-refractivity contribution < 1.29 is 4.74 Å². The Kier molecular flexibility index (Phi) is 3.29. The number of benzene rings is 1. The maximum atomic E-state index is 5.60. The maximum Gasteiger partial charge on any atom is 0.122 e. The molecule has 0 spiro atoms. The van der Waals surface area contributed by atoms with Gasteiger partial charge >= 0.3 is 0 Å². The molecule has 2 heteroatoms. The van der Waals surface area contributed by atoms with E-state index < -0.39 is 0 Å². The number of hydrogen-bond donors (Lipinski definition) is 0. The Morgan fingerprint density at radius 2 is 2.22 bits per heavy atom. The molecule has 1 aliphatic heterocycles. The van der Waals surface area contributed by atoms with Gasteiger partial charge in [0.2, 0.25) is 0 Å². The van der Waals surface area contributed by atoms with E-state index in [-0.39, 0.29) is 0 Å². The second kappa shape index (κ2) is 4.93. The maximum absolute atomic E-state index is 5.60. The van der Waals surface area contributed by atoms with Crippen LogP contribution < -0.4 is 4.74 Å². The quantitative estimate of drug-likeness (QED) is 0.811. The topological polar surface area (TPSA) is 12.5 Å². The second-order valence-electron chi connectivity index (χ2n) is 5.57. The Labute approximate surface area is 110 Å². The molecule has 1 aromatic rings. The number of likely N-dealkylation sites (tertiary alicyclic amines) is 1. The van der Waals surface area contributed by atoms with Crippen molar-refractivity contribution in [2.24, 2.45) is 0 Å². The monoisotopic (exact) mass is 245 g/mol. The molecule has 1 saturated heterocycles. The molecule has 0 aromatic heterocycles. The summed E-state index contributed by atoms with van der Waals surface area (Å²) in [5, 5.41) is 0. The minimum Gasteiger partial charge on any atom is -0.496 e. The van der Waals surface area contributed by atoms with Crippen LogP contribution in [0.15, 0.2) is 18.2 Å². The molecular weight excluding hydrogens is 222 g/mol. The Balaban J connectivity index is 1.94. The van der Waals surface area contributed by atoms with Crippen LogP contribution in [-0.4, -0.2) is 31.1 Å². The first-order chi connectivity index (χ1) is 8.85. The van der Waals surface area contributed by atoms with Crippen LogP contribution in [0.1, 0.15) is 43.2 Å². The summed E-state index contributed by atoms with van der Waals surface area (Å²) < 4.78 is 5.60. The molecule has 0 amide bonds. The van der Waals surface area contributed by atoms with Gasteiger partial charge in [-0.2, -0.15) is 0 Å². The molecule has 0 unspecified atom stereocenters. The lowest BCUT2D eigenvalue weighted by molar-refractivity contribution is 0.225. The van der Waals surface area contributed by atoms with E-state index in [4.69, 9.17) is 4.74 Å². The van der Waals surface area contributed by atoms with Crippen LogP contribution in [0.5, 0.6) is 5.75 Å². The fraction of sp³-hybridized carbons (Fsp3) is 0.625. The molecule has 0 N–H and O–H groups in total. The Morgan fingerprint density at radius 1 is 1.33 bits per heavy atom. The van der Waals surface area contributed by atoms with Gasteiger partial charge in [0.05, 0.1) is 7.11 Å². The molecular formula is C16H23NO. The molecule has 1 aromatic carbocycles.